The maximum Gasteiger partial charge on any atom is 2.00 e. The van der Waals surface area contributed by atoms with Crippen LogP contribution in [0.25, 0.3) is 11.3 Å². The van der Waals surface area contributed by atoms with Gasteiger partial charge in [-0.15, -0.1) is 0 Å². The molecule has 0 bridgehead atoms. The van der Waals surface area contributed by atoms with Gasteiger partial charge in [-0.2, -0.15) is 0 Å². The molecule has 2 aromatic carbocycles. The molecule has 0 fully saturated rings. The second kappa shape index (κ2) is 9.83. The number of phenols is 1. The first-order valence-corrected chi connectivity index (χ1v) is 6.29. The van der Waals surface area contributed by atoms with Gasteiger partial charge < -0.3 is 24.4 Å². The van der Waals surface area contributed by atoms with E-state index in [-0.39, 0.29) is 42.3 Å². The molecule has 116 valence electrons. The van der Waals surface area contributed by atoms with E-state index >= 15 is 0 Å². The molecular formula is C19H19NO2Ti. The van der Waals surface area contributed by atoms with Gasteiger partial charge in [0.05, 0.1) is 17.5 Å². The van der Waals surface area contributed by atoms with Gasteiger partial charge in [-0.1, -0.05) is 24.3 Å². The van der Waals surface area contributed by atoms with Crippen molar-refractivity contribution in [3.63, 3.8) is 0 Å². The molecule has 0 aliphatic heterocycles. The average molecular weight is 341 g/mol. The molecular weight excluding hydrogens is 322 g/mol. The van der Waals surface area contributed by atoms with Crippen LogP contribution in [0.5, 0.6) is 5.75 Å². The number of hydrogen-bond acceptors (Lipinski definition) is 3. The molecule has 3 rings (SSSR count). The van der Waals surface area contributed by atoms with Gasteiger partial charge in [0, 0.05) is 11.8 Å². The fraction of sp³-hybridized carbons (Fsp3) is 0. The molecule has 4 heteroatoms. The first kappa shape index (κ1) is 20.9. The average Bonchev–Trinajstić information content (AvgIpc) is 3.01. The van der Waals surface area contributed by atoms with Gasteiger partial charge in [-0.05, 0) is 36.4 Å². The van der Waals surface area contributed by atoms with Gasteiger partial charge in [-0.3, -0.25) is 4.99 Å². The van der Waals surface area contributed by atoms with Gasteiger partial charge in [0.25, 0.3) is 0 Å². The van der Waals surface area contributed by atoms with Gasteiger partial charge in [0.15, 0.2) is 0 Å². The summed E-state index contributed by atoms with van der Waals surface area (Å²) in [7, 11) is 0. The van der Waals surface area contributed by atoms with E-state index in [4.69, 9.17) is 4.42 Å². The maximum atomic E-state index is 10.3. The van der Waals surface area contributed by atoms with Crippen molar-refractivity contribution < 1.29 is 31.2 Å². The Kier molecular flexibility index (Phi) is 8.93. The van der Waals surface area contributed by atoms with E-state index in [9.17, 15) is 5.11 Å². The molecule has 3 aromatic rings. The zero-order chi connectivity index (χ0) is 13.8. The Hall–Kier alpha value is -2.10. The molecule has 1 N–H and O–H groups in total. The quantitative estimate of drug-likeness (QED) is 0.399. The Morgan fingerprint density at radius 1 is 0.870 bits per heavy atom. The number of phenolic OH excluding ortho intramolecular Hbond substituents is 1. The van der Waals surface area contributed by atoms with E-state index in [1.54, 1.807) is 18.5 Å². The summed E-state index contributed by atoms with van der Waals surface area (Å²) in [6.45, 7) is 0. The molecule has 0 saturated heterocycles. The van der Waals surface area contributed by atoms with E-state index in [0.29, 0.717) is 16.9 Å². The number of aromatic hydroxyl groups is 1. The van der Waals surface area contributed by atoms with E-state index in [1.165, 1.54) is 0 Å². The maximum absolute atomic E-state index is 10.3. The molecule has 1 aromatic heterocycles. The van der Waals surface area contributed by atoms with E-state index in [1.807, 2.05) is 54.6 Å². The van der Waals surface area contributed by atoms with Crippen LogP contribution in [0.4, 0.5) is 5.69 Å². The number of nitrogens with zero attached hydrogens (tertiary/aromatic N) is 1. The normalized spacial score (nSPS) is 9.57. The molecule has 0 aliphatic carbocycles. The van der Waals surface area contributed by atoms with Crippen molar-refractivity contribution in [3.05, 3.63) is 87.3 Å². The Bertz CT molecular complexity index is 722. The molecule has 23 heavy (non-hydrogen) atoms. The molecule has 3 nitrogen and oxygen atoms in total. The molecule has 0 unspecified atom stereocenters. The van der Waals surface area contributed by atoms with Crippen molar-refractivity contribution >= 4 is 11.9 Å². The molecule has 0 radical (unpaired) electrons. The minimum Gasteiger partial charge on any atom is -0.506 e. The number of furan rings is 1. The topological polar surface area (TPSA) is 45.7 Å². The molecule has 0 spiro atoms. The summed E-state index contributed by atoms with van der Waals surface area (Å²) >= 11 is 0. The number of rotatable bonds is 3. The van der Waals surface area contributed by atoms with Crippen molar-refractivity contribution in [1.29, 1.82) is 0 Å². The van der Waals surface area contributed by atoms with Crippen molar-refractivity contribution in [2.75, 3.05) is 0 Å². The van der Waals surface area contributed by atoms with Crippen LogP contribution >= 0.6 is 0 Å². The van der Waals surface area contributed by atoms with E-state index in [2.05, 4.69) is 4.99 Å². The Morgan fingerprint density at radius 3 is 2.26 bits per heavy atom. The van der Waals surface area contributed by atoms with Crippen LogP contribution in [0.3, 0.4) is 0 Å². The largest absolute Gasteiger partial charge is 2.00 e. The summed E-state index contributed by atoms with van der Waals surface area (Å²) in [5, 5.41) is 10.3. The van der Waals surface area contributed by atoms with Crippen LogP contribution in [0.15, 0.2) is 76.3 Å². The number of para-hydroxylation sites is 2. The van der Waals surface area contributed by atoms with Gasteiger partial charge in [-0.25, -0.2) is 0 Å². The van der Waals surface area contributed by atoms with Crippen molar-refractivity contribution in [3.8, 4) is 17.1 Å². The minimum absolute atomic E-state index is 0. The standard InChI is InChI=1S/C17H13NO2.2CH3.Ti/c19-17-13(12-18-14-7-2-1-3-8-14)6-4-9-15(17)16-10-5-11-20-16;;;/h1-12,19H;2*1H3;/q;2*-1;+2. The van der Waals surface area contributed by atoms with Crippen molar-refractivity contribution in [2.45, 2.75) is 0 Å². The van der Waals surface area contributed by atoms with Crippen LogP contribution in [0.2, 0.25) is 0 Å². The van der Waals surface area contributed by atoms with Gasteiger partial charge in [0.1, 0.15) is 11.5 Å². The fourth-order valence-electron chi connectivity index (χ4n) is 1.95. The Labute approximate surface area is 152 Å². The molecule has 1 heterocycles. The fourth-order valence-corrected chi connectivity index (χ4v) is 1.95. The van der Waals surface area contributed by atoms with E-state index in [0.717, 1.165) is 5.69 Å². The summed E-state index contributed by atoms with van der Waals surface area (Å²) in [6, 6.07) is 18.7. The molecule has 0 aliphatic rings. The van der Waals surface area contributed by atoms with Gasteiger partial charge in [0.2, 0.25) is 0 Å². The predicted octanol–water partition coefficient (Wildman–Crippen LogP) is 5.30. The van der Waals surface area contributed by atoms with Crippen LogP contribution < -0.4 is 0 Å². The van der Waals surface area contributed by atoms with Gasteiger partial charge >= 0.3 is 21.7 Å². The minimum atomic E-state index is 0. The first-order valence-electron chi connectivity index (χ1n) is 6.29. The summed E-state index contributed by atoms with van der Waals surface area (Å²) in [5.41, 5.74) is 2.16. The third-order valence-electron chi connectivity index (χ3n) is 2.96. The molecule has 0 atom stereocenters. The predicted molar refractivity (Wildman–Crippen MR) is 92.3 cm³/mol. The summed E-state index contributed by atoms with van der Waals surface area (Å²) in [6.07, 6.45) is 3.23. The number of benzene rings is 2. The second-order valence-electron chi connectivity index (χ2n) is 4.31. The zero-order valence-corrected chi connectivity index (χ0v) is 14.8. The first-order chi connectivity index (χ1) is 9.84. The third-order valence-corrected chi connectivity index (χ3v) is 2.96. The van der Waals surface area contributed by atoms with Crippen LogP contribution in [-0.2, 0) is 21.7 Å². The Balaban J connectivity index is 0.00000161. The molecule has 0 saturated carbocycles. The smallest absolute Gasteiger partial charge is 0.506 e. The van der Waals surface area contributed by atoms with Crippen LogP contribution in [-0.4, -0.2) is 11.3 Å². The third kappa shape index (κ3) is 4.95. The summed E-state index contributed by atoms with van der Waals surface area (Å²) < 4.78 is 5.31. The number of hydrogen-bond donors (Lipinski definition) is 1. The SMILES string of the molecule is Oc1c(C=Nc2ccccc2)cccc1-c1ccco1.[CH3-].[CH3-].[Ti+2]. The van der Waals surface area contributed by atoms with E-state index < -0.39 is 0 Å². The monoisotopic (exact) mass is 341 g/mol. The summed E-state index contributed by atoms with van der Waals surface area (Å²) in [4.78, 5) is 4.34. The van der Waals surface area contributed by atoms with Crippen molar-refractivity contribution in [1.82, 2.24) is 0 Å². The second-order valence-corrected chi connectivity index (χ2v) is 4.31. The van der Waals surface area contributed by atoms with Crippen LogP contribution in [0, 0.1) is 14.9 Å². The Morgan fingerprint density at radius 2 is 1.61 bits per heavy atom. The van der Waals surface area contributed by atoms with Crippen LogP contribution in [0.1, 0.15) is 5.56 Å². The zero-order valence-electron chi connectivity index (χ0n) is 13.2. The number of aliphatic imine (C=N–C) groups is 1. The van der Waals surface area contributed by atoms with Crippen molar-refractivity contribution in [2.24, 2.45) is 4.99 Å². The molecule has 0 amide bonds. The summed E-state index contributed by atoms with van der Waals surface area (Å²) in [5.74, 6) is 0.805.